The lowest BCUT2D eigenvalue weighted by Crippen LogP contribution is -2.35. The summed E-state index contributed by atoms with van der Waals surface area (Å²) in [6, 6.07) is 11.4. The van der Waals surface area contributed by atoms with Crippen molar-refractivity contribution < 1.29 is 14.0 Å². The minimum absolute atomic E-state index is 0.0965. The number of nitrogens with zero attached hydrogens (tertiary/aromatic N) is 1. The summed E-state index contributed by atoms with van der Waals surface area (Å²) in [5.74, 6) is -1.08. The van der Waals surface area contributed by atoms with E-state index in [2.05, 4.69) is 21.2 Å². The van der Waals surface area contributed by atoms with Crippen LogP contribution in [0, 0.1) is 5.82 Å². The molecule has 0 heterocycles. The number of amides is 2. The van der Waals surface area contributed by atoms with Crippen LogP contribution in [0.2, 0.25) is 0 Å². The molecule has 4 nitrogen and oxygen atoms in total. The molecule has 0 aliphatic carbocycles. The van der Waals surface area contributed by atoms with E-state index in [-0.39, 0.29) is 18.4 Å². The van der Waals surface area contributed by atoms with Crippen LogP contribution in [0.25, 0.3) is 0 Å². The highest BCUT2D eigenvalue weighted by Gasteiger charge is 2.18. The second-order valence-corrected chi connectivity index (χ2v) is 6.20. The van der Waals surface area contributed by atoms with Crippen molar-refractivity contribution in [2.45, 2.75) is 13.3 Å². The lowest BCUT2D eigenvalue weighted by molar-refractivity contribution is -0.116. The van der Waals surface area contributed by atoms with Crippen molar-refractivity contribution in [3.8, 4) is 0 Å². The van der Waals surface area contributed by atoms with Crippen molar-refractivity contribution in [1.82, 2.24) is 4.90 Å². The van der Waals surface area contributed by atoms with Gasteiger partial charge in [0.05, 0.1) is 12.1 Å². The Morgan fingerprint density at radius 1 is 1.21 bits per heavy atom. The molecule has 0 aliphatic rings. The fourth-order valence-corrected chi connectivity index (χ4v) is 2.82. The molecule has 0 unspecified atom stereocenters. The first-order valence-electron chi connectivity index (χ1n) is 7.50. The maximum absolute atomic E-state index is 13.1. The first-order valence-corrected chi connectivity index (χ1v) is 8.30. The first kappa shape index (κ1) is 18.1. The number of hydrogen-bond donors (Lipinski definition) is 1. The van der Waals surface area contributed by atoms with Crippen molar-refractivity contribution in [3.05, 3.63) is 63.9 Å². The van der Waals surface area contributed by atoms with Crippen LogP contribution < -0.4 is 5.32 Å². The summed E-state index contributed by atoms with van der Waals surface area (Å²) in [5, 5.41) is 2.82. The molecule has 2 amide bonds. The number of nitrogens with one attached hydrogen (secondary N) is 1. The quantitative estimate of drug-likeness (QED) is 0.839. The van der Waals surface area contributed by atoms with Crippen LogP contribution in [-0.4, -0.2) is 30.3 Å². The van der Waals surface area contributed by atoms with Crippen LogP contribution in [-0.2, 0) is 11.2 Å². The second kappa shape index (κ2) is 8.06. The van der Waals surface area contributed by atoms with Gasteiger partial charge in [-0.2, -0.15) is 0 Å². The second-order valence-electron chi connectivity index (χ2n) is 5.34. The molecule has 0 radical (unpaired) electrons. The standard InChI is InChI=1S/C18H18BrFN2O2/c1-3-12-6-4-5-7-16(12)21-17(23)11-22(2)18(24)14-9-8-13(20)10-15(14)19/h4-10H,3,11H2,1-2H3,(H,21,23). The molecular weight excluding hydrogens is 375 g/mol. The normalized spacial score (nSPS) is 10.3. The van der Waals surface area contributed by atoms with Gasteiger partial charge in [-0.25, -0.2) is 4.39 Å². The predicted molar refractivity (Wildman–Crippen MR) is 95.5 cm³/mol. The Labute approximate surface area is 148 Å². The molecule has 0 bridgehead atoms. The minimum atomic E-state index is -0.435. The molecule has 0 aromatic heterocycles. The smallest absolute Gasteiger partial charge is 0.255 e. The Balaban J connectivity index is 2.04. The van der Waals surface area contributed by atoms with Gasteiger partial charge in [-0.05, 0) is 52.2 Å². The van der Waals surface area contributed by atoms with Gasteiger partial charge in [-0.15, -0.1) is 0 Å². The number of hydrogen-bond acceptors (Lipinski definition) is 2. The third-order valence-electron chi connectivity index (χ3n) is 3.56. The molecule has 2 aromatic rings. The molecule has 2 rings (SSSR count). The molecule has 0 fully saturated rings. The number of anilines is 1. The average Bonchev–Trinajstić information content (AvgIpc) is 2.54. The fourth-order valence-electron chi connectivity index (χ4n) is 2.30. The van der Waals surface area contributed by atoms with E-state index < -0.39 is 5.82 Å². The van der Waals surface area contributed by atoms with Gasteiger partial charge in [0.1, 0.15) is 5.82 Å². The van der Waals surface area contributed by atoms with E-state index in [1.54, 1.807) is 0 Å². The van der Waals surface area contributed by atoms with Gasteiger partial charge in [0.2, 0.25) is 5.91 Å². The Bertz CT molecular complexity index is 764. The van der Waals surface area contributed by atoms with Gasteiger partial charge >= 0.3 is 0 Å². The number of likely N-dealkylation sites (N-methyl/N-ethyl adjacent to an activating group) is 1. The lowest BCUT2D eigenvalue weighted by Gasteiger charge is -2.18. The van der Waals surface area contributed by atoms with E-state index in [1.165, 1.54) is 30.1 Å². The number of rotatable bonds is 5. The highest BCUT2D eigenvalue weighted by atomic mass is 79.9. The number of para-hydroxylation sites is 1. The van der Waals surface area contributed by atoms with Crippen LogP contribution >= 0.6 is 15.9 Å². The molecule has 0 spiro atoms. The largest absolute Gasteiger partial charge is 0.332 e. The topological polar surface area (TPSA) is 49.4 Å². The molecule has 2 aromatic carbocycles. The van der Waals surface area contributed by atoms with Crippen molar-refractivity contribution >= 4 is 33.4 Å². The van der Waals surface area contributed by atoms with Gasteiger partial charge in [-0.3, -0.25) is 9.59 Å². The predicted octanol–water partition coefficient (Wildman–Crippen LogP) is 3.86. The van der Waals surface area contributed by atoms with E-state index in [4.69, 9.17) is 0 Å². The summed E-state index contributed by atoms with van der Waals surface area (Å²) in [6.07, 6.45) is 0.799. The van der Waals surface area contributed by atoms with Crippen LogP contribution in [0.5, 0.6) is 0 Å². The lowest BCUT2D eigenvalue weighted by atomic mass is 10.1. The molecule has 126 valence electrons. The zero-order valence-electron chi connectivity index (χ0n) is 13.5. The number of carbonyl (C=O) groups excluding carboxylic acids is 2. The van der Waals surface area contributed by atoms with E-state index in [0.29, 0.717) is 10.0 Å². The Morgan fingerprint density at radius 2 is 1.92 bits per heavy atom. The van der Waals surface area contributed by atoms with Crippen LogP contribution in [0.1, 0.15) is 22.8 Å². The van der Waals surface area contributed by atoms with Gasteiger partial charge in [0, 0.05) is 17.2 Å². The average molecular weight is 393 g/mol. The SMILES string of the molecule is CCc1ccccc1NC(=O)CN(C)C(=O)c1ccc(F)cc1Br. The van der Waals surface area contributed by atoms with Crippen LogP contribution in [0.4, 0.5) is 10.1 Å². The van der Waals surface area contributed by atoms with Gasteiger partial charge < -0.3 is 10.2 Å². The first-order chi connectivity index (χ1) is 11.4. The monoisotopic (exact) mass is 392 g/mol. The molecule has 6 heteroatoms. The molecule has 0 atom stereocenters. The minimum Gasteiger partial charge on any atom is -0.332 e. The van der Waals surface area contributed by atoms with Gasteiger partial charge in [-0.1, -0.05) is 25.1 Å². The summed E-state index contributed by atoms with van der Waals surface area (Å²) in [6.45, 7) is 1.91. The fraction of sp³-hybridized carbons (Fsp3) is 0.222. The Morgan fingerprint density at radius 3 is 2.58 bits per heavy atom. The van der Waals surface area contributed by atoms with E-state index in [1.807, 2.05) is 31.2 Å². The van der Waals surface area contributed by atoms with E-state index >= 15 is 0 Å². The molecule has 0 saturated carbocycles. The number of halogens is 2. The summed E-state index contributed by atoms with van der Waals surface area (Å²) in [4.78, 5) is 25.9. The summed E-state index contributed by atoms with van der Waals surface area (Å²) in [5.41, 5.74) is 2.08. The number of benzene rings is 2. The molecular formula is C18H18BrFN2O2. The van der Waals surface area contributed by atoms with E-state index in [9.17, 15) is 14.0 Å². The molecule has 24 heavy (non-hydrogen) atoms. The maximum atomic E-state index is 13.1. The van der Waals surface area contributed by atoms with Gasteiger partial charge in [0.15, 0.2) is 0 Å². The summed E-state index contributed by atoms with van der Waals surface area (Å²) >= 11 is 3.17. The maximum Gasteiger partial charge on any atom is 0.255 e. The van der Waals surface area contributed by atoms with Crippen LogP contribution in [0.15, 0.2) is 46.9 Å². The Kier molecular flexibility index (Phi) is 6.09. The third-order valence-corrected chi connectivity index (χ3v) is 4.22. The number of carbonyl (C=O) groups is 2. The highest BCUT2D eigenvalue weighted by Crippen LogP contribution is 2.20. The van der Waals surface area contributed by atoms with Crippen molar-refractivity contribution in [2.24, 2.45) is 0 Å². The molecule has 0 aliphatic heterocycles. The molecule has 0 saturated heterocycles. The number of aryl methyl sites for hydroxylation is 1. The van der Waals surface area contributed by atoms with Crippen LogP contribution in [0.3, 0.4) is 0 Å². The zero-order chi connectivity index (χ0) is 17.7. The van der Waals surface area contributed by atoms with Crippen molar-refractivity contribution in [2.75, 3.05) is 18.9 Å². The van der Waals surface area contributed by atoms with Crippen molar-refractivity contribution in [1.29, 1.82) is 0 Å². The highest BCUT2D eigenvalue weighted by molar-refractivity contribution is 9.10. The summed E-state index contributed by atoms with van der Waals surface area (Å²) in [7, 11) is 1.53. The Hall–Kier alpha value is -2.21. The van der Waals surface area contributed by atoms with Crippen molar-refractivity contribution in [3.63, 3.8) is 0 Å². The molecule has 1 N–H and O–H groups in total. The third kappa shape index (κ3) is 4.41. The van der Waals surface area contributed by atoms with Gasteiger partial charge in [0.25, 0.3) is 5.91 Å². The van der Waals surface area contributed by atoms with E-state index in [0.717, 1.165) is 17.7 Å². The summed E-state index contributed by atoms with van der Waals surface area (Å²) < 4.78 is 13.5. The zero-order valence-corrected chi connectivity index (χ0v) is 15.1.